The van der Waals surface area contributed by atoms with Gasteiger partial charge in [-0.3, -0.25) is 0 Å². The number of carboxylic acids is 1. The molecule has 0 aliphatic carbocycles. The van der Waals surface area contributed by atoms with Gasteiger partial charge >= 0.3 is 12.1 Å². The van der Waals surface area contributed by atoms with Crippen LogP contribution in [0.15, 0.2) is 66.7 Å². The van der Waals surface area contributed by atoms with Gasteiger partial charge in [0.25, 0.3) is 0 Å². The molecule has 0 atom stereocenters. The average molecular weight is 430 g/mol. The van der Waals surface area contributed by atoms with Gasteiger partial charge in [0.2, 0.25) is 0 Å². The number of fused-ring (bicyclic) bond motifs is 1. The maximum Gasteiger partial charge on any atom is 0.416 e. The van der Waals surface area contributed by atoms with Crippen LogP contribution in [0.4, 0.5) is 17.6 Å². The first kappa shape index (κ1) is 20.1. The van der Waals surface area contributed by atoms with Gasteiger partial charge in [0.05, 0.1) is 11.1 Å². The van der Waals surface area contributed by atoms with Crippen molar-refractivity contribution in [1.29, 1.82) is 0 Å². The minimum atomic E-state index is -4.61. The van der Waals surface area contributed by atoms with Crippen molar-refractivity contribution in [2.24, 2.45) is 0 Å². The van der Waals surface area contributed by atoms with Crippen LogP contribution in [0.2, 0.25) is 0 Å². The van der Waals surface area contributed by atoms with Crippen LogP contribution in [0.5, 0.6) is 0 Å². The van der Waals surface area contributed by atoms with Gasteiger partial charge in [0, 0.05) is 16.0 Å². The van der Waals surface area contributed by atoms with Crippen molar-refractivity contribution in [1.82, 2.24) is 0 Å². The zero-order chi connectivity index (χ0) is 21.5. The fourth-order valence-electron chi connectivity index (χ4n) is 3.37. The highest BCUT2D eigenvalue weighted by atomic mass is 32.1. The van der Waals surface area contributed by atoms with E-state index in [1.165, 1.54) is 17.4 Å². The molecule has 4 aromatic rings. The van der Waals surface area contributed by atoms with Gasteiger partial charge in [-0.2, -0.15) is 13.2 Å². The summed E-state index contributed by atoms with van der Waals surface area (Å²) in [5.41, 5.74) is 0.968. The van der Waals surface area contributed by atoms with E-state index in [2.05, 4.69) is 0 Å². The number of hydrogen-bond donors (Lipinski definition) is 1. The number of carbonyl (C=O) groups is 1. The SMILES string of the molecule is O=C(O)c1cccc(-c2cccc3cc(Cc4cc(F)cc(C(F)(F)F)c4)sc23)c1. The third-order valence-electron chi connectivity index (χ3n) is 4.68. The maximum atomic E-state index is 13.7. The molecule has 0 saturated carbocycles. The molecule has 1 aromatic heterocycles. The zero-order valence-electron chi connectivity index (χ0n) is 15.3. The molecule has 2 nitrogen and oxygen atoms in total. The van der Waals surface area contributed by atoms with E-state index in [4.69, 9.17) is 0 Å². The number of aromatic carboxylic acids is 1. The summed E-state index contributed by atoms with van der Waals surface area (Å²) < 4.78 is 53.5. The van der Waals surface area contributed by atoms with E-state index in [0.29, 0.717) is 6.07 Å². The van der Waals surface area contributed by atoms with Gasteiger partial charge < -0.3 is 5.11 Å². The fourth-order valence-corrected chi connectivity index (χ4v) is 4.60. The van der Waals surface area contributed by atoms with Crippen LogP contribution in [0, 0.1) is 5.82 Å². The minimum absolute atomic E-state index is 0.162. The first-order chi connectivity index (χ1) is 14.2. The van der Waals surface area contributed by atoms with E-state index >= 15 is 0 Å². The molecule has 7 heteroatoms. The standard InChI is InChI=1S/C23H14F4O2S/c24-18-8-13(7-17(12-18)23(25,26)27)9-19-11-15-4-2-6-20(21(15)30-19)14-3-1-5-16(10-14)22(28)29/h1-8,10-12H,9H2,(H,28,29). The number of thiophene rings is 1. The van der Waals surface area contributed by atoms with Crippen LogP contribution in [-0.2, 0) is 12.6 Å². The molecule has 3 aromatic carbocycles. The molecule has 0 fully saturated rings. The molecule has 0 bridgehead atoms. The van der Waals surface area contributed by atoms with E-state index in [1.54, 1.807) is 12.1 Å². The van der Waals surface area contributed by atoms with Gasteiger partial charge in [0.15, 0.2) is 0 Å². The minimum Gasteiger partial charge on any atom is -0.478 e. The van der Waals surface area contributed by atoms with Crippen LogP contribution < -0.4 is 0 Å². The lowest BCUT2D eigenvalue weighted by molar-refractivity contribution is -0.137. The topological polar surface area (TPSA) is 37.3 Å². The number of rotatable bonds is 4. The quantitative estimate of drug-likeness (QED) is 0.354. The molecule has 0 saturated heterocycles. The Morgan fingerprint density at radius 3 is 2.47 bits per heavy atom. The van der Waals surface area contributed by atoms with E-state index in [9.17, 15) is 27.5 Å². The highest BCUT2D eigenvalue weighted by Crippen LogP contribution is 2.37. The second kappa shape index (κ2) is 7.57. The molecular formula is C23H14F4O2S. The largest absolute Gasteiger partial charge is 0.478 e. The molecule has 0 aliphatic rings. The predicted molar refractivity (Wildman–Crippen MR) is 108 cm³/mol. The lowest BCUT2D eigenvalue weighted by Gasteiger charge is -2.09. The van der Waals surface area contributed by atoms with Crippen molar-refractivity contribution in [2.45, 2.75) is 12.6 Å². The third kappa shape index (κ3) is 4.07. The molecule has 0 unspecified atom stereocenters. The Labute approximate surface area is 173 Å². The Bertz CT molecular complexity index is 1260. The highest BCUT2D eigenvalue weighted by Gasteiger charge is 2.31. The number of halogens is 4. The molecule has 0 spiro atoms. The van der Waals surface area contributed by atoms with Crippen molar-refractivity contribution in [3.63, 3.8) is 0 Å². The lowest BCUT2D eigenvalue weighted by Crippen LogP contribution is -2.06. The summed E-state index contributed by atoms with van der Waals surface area (Å²) >= 11 is 1.40. The Balaban J connectivity index is 1.74. The van der Waals surface area contributed by atoms with Crippen LogP contribution in [-0.4, -0.2) is 11.1 Å². The monoisotopic (exact) mass is 430 g/mol. The van der Waals surface area contributed by atoms with Crippen molar-refractivity contribution < 1.29 is 27.5 Å². The van der Waals surface area contributed by atoms with E-state index in [1.807, 2.05) is 30.3 Å². The van der Waals surface area contributed by atoms with E-state index in [-0.39, 0.29) is 17.5 Å². The van der Waals surface area contributed by atoms with E-state index in [0.717, 1.165) is 38.2 Å². The van der Waals surface area contributed by atoms with Gasteiger partial charge in [0.1, 0.15) is 5.82 Å². The summed E-state index contributed by atoms with van der Waals surface area (Å²) in [6.45, 7) is 0. The molecule has 0 aliphatic heterocycles. The summed E-state index contributed by atoms with van der Waals surface area (Å²) in [6, 6.07) is 16.6. The van der Waals surface area contributed by atoms with Gasteiger partial charge in [-0.15, -0.1) is 11.3 Å². The lowest BCUT2D eigenvalue weighted by atomic mass is 10.0. The maximum absolute atomic E-state index is 13.7. The van der Waals surface area contributed by atoms with Crippen LogP contribution in [0.25, 0.3) is 21.2 Å². The van der Waals surface area contributed by atoms with Gasteiger partial charge in [-0.1, -0.05) is 30.3 Å². The smallest absolute Gasteiger partial charge is 0.416 e. The summed E-state index contributed by atoms with van der Waals surface area (Å²) in [5, 5.41) is 10.1. The van der Waals surface area contributed by atoms with Crippen molar-refractivity contribution in [2.75, 3.05) is 0 Å². The third-order valence-corrected chi connectivity index (χ3v) is 5.86. The summed E-state index contributed by atoms with van der Waals surface area (Å²) in [4.78, 5) is 12.1. The number of alkyl halides is 3. The molecule has 30 heavy (non-hydrogen) atoms. The molecule has 0 radical (unpaired) electrons. The van der Waals surface area contributed by atoms with Crippen LogP contribution in [0.1, 0.15) is 26.4 Å². The second-order valence-electron chi connectivity index (χ2n) is 6.85. The second-order valence-corrected chi connectivity index (χ2v) is 7.98. The Morgan fingerprint density at radius 2 is 1.73 bits per heavy atom. The van der Waals surface area contributed by atoms with Gasteiger partial charge in [-0.25, -0.2) is 9.18 Å². The molecule has 1 N–H and O–H groups in total. The first-order valence-electron chi connectivity index (χ1n) is 8.92. The van der Waals surface area contributed by atoms with Crippen LogP contribution in [0.3, 0.4) is 0 Å². The fraction of sp³-hybridized carbons (Fsp3) is 0.0870. The van der Waals surface area contributed by atoms with Crippen molar-refractivity contribution in [3.05, 3.63) is 94.1 Å². The summed E-state index contributed by atoms with van der Waals surface area (Å²) in [5.74, 6) is -1.95. The average Bonchev–Trinajstić information content (AvgIpc) is 3.09. The van der Waals surface area contributed by atoms with Crippen molar-refractivity contribution in [3.8, 4) is 11.1 Å². The van der Waals surface area contributed by atoms with Crippen molar-refractivity contribution >= 4 is 27.4 Å². The predicted octanol–water partition coefficient (Wildman–Crippen LogP) is 7.02. The number of hydrogen-bond acceptors (Lipinski definition) is 2. The molecule has 152 valence electrons. The normalized spacial score (nSPS) is 11.7. The molecular weight excluding hydrogens is 416 g/mol. The Kier molecular flexibility index (Phi) is 5.07. The highest BCUT2D eigenvalue weighted by molar-refractivity contribution is 7.19. The number of carboxylic acid groups (broad SMARTS) is 1. The van der Waals surface area contributed by atoms with E-state index < -0.39 is 23.5 Å². The molecule has 4 rings (SSSR count). The van der Waals surface area contributed by atoms with Crippen LogP contribution >= 0.6 is 11.3 Å². The van der Waals surface area contributed by atoms with Gasteiger partial charge in [-0.05, 0) is 58.5 Å². The first-order valence-corrected chi connectivity index (χ1v) is 9.74. The Morgan fingerprint density at radius 1 is 0.967 bits per heavy atom. The zero-order valence-corrected chi connectivity index (χ0v) is 16.2. The summed E-state index contributed by atoms with van der Waals surface area (Å²) in [7, 11) is 0. The number of benzene rings is 3. The molecule has 0 amide bonds. The summed E-state index contributed by atoms with van der Waals surface area (Å²) in [6.07, 6.45) is -4.45. The Hall–Kier alpha value is -3.19. The molecule has 1 heterocycles.